The van der Waals surface area contributed by atoms with Gasteiger partial charge in [0.2, 0.25) is 0 Å². The summed E-state index contributed by atoms with van der Waals surface area (Å²) in [6, 6.07) is 0. The fraction of sp³-hybridized carbons (Fsp3) is 0.556. The number of hydrogen-bond acceptors (Lipinski definition) is 4. The van der Waals surface area contributed by atoms with E-state index in [1.54, 1.807) is 0 Å². The number of allylic oxidation sites excluding steroid dienone is 1. The van der Waals surface area contributed by atoms with Gasteiger partial charge in [0.1, 0.15) is 6.42 Å². The summed E-state index contributed by atoms with van der Waals surface area (Å²) in [5, 5.41) is 0. The van der Waals surface area contributed by atoms with Crippen molar-refractivity contribution in [3.05, 3.63) is 11.5 Å². The molecule has 4 nitrogen and oxygen atoms in total. The zero-order valence-electron chi connectivity index (χ0n) is 7.75. The third-order valence-corrected chi connectivity index (χ3v) is 1.84. The van der Waals surface area contributed by atoms with Gasteiger partial charge in [-0.05, 0) is 12.8 Å². The van der Waals surface area contributed by atoms with Crippen LogP contribution in [0.25, 0.3) is 0 Å². The van der Waals surface area contributed by atoms with Gasteiger partial charge in [0, 0.05) is 5.57 Å². The normalized spacial score (nSPS) is 16.6. The summed E-state index contributed by atoms with van der Waals surface area (Å²) in [6.07, 6.45) is 1.14. The molecule has 0 amide bonds. The fourth-order valence-electron chi connectivity index (χ4n) is 1.10. The minimum Gasteiger partial charge on any atom is -0.392 e. The lowest BCUT2D eigenvalue weighted by atomic mass is 10.1. The first-order valence-electron chi connectivity index (χ1n) is 4.30. The van der Waals surface area contributed by atoms with Crippen LogP contribution < -0.4 is 0 Å². The van der Waals surface area contributed by atoms with E-state index in [0.717, 1.165) is 5.57 Å². The first-order valence-corrected chi connectivity index (χ1v) is 4.30. The third kappa shape index (κ3) is 2.31. The van der Waals surface area contributed by atoms with Gasteiger partial charge < -0.3 is 9.47 Å². The summed E-state index contributed by atoms with van der Waals surface area (Å²) in [5.74, 6) is -0.984. The maximum atomic E-state index is 10.9. The van der Waals surface area contributed by atoms with Crippen molar-refractivity contribution in [1.29, 1.82) is 0 Å². The molecule has 0 atom stereocenters. The van der Waals surface area contributed by atoms with Crippen molar-refractivity contribution < 1.29 is 19.1 Å². The molecule has 1 heterocycles. The van der Waals surface area contributed by atoms with Gasteiger partial charge in [-0.15, -0.1) is 0 Å². The maximum Gasteiger partial charge on any atom is 0.324 e. The van der Waals surface area contributed by atoms with E-state index in [-0.39, 0.29) is 12.4 Å². The number of esters is 2. The number of cyclic esters (lactones) is 2. The first-order chi connectivity index (χ1) is 6.17. The Bertz CT molecular complexity index is 241. The minimum absolute atomic E-state index is 0.0891. The highest BCUT2D eigenvalue weighted by atomic mass is 16.7. The van der Waals surface area contributed by atoms with E-state index in [0.29, 0.717) is 12.8 Å². The van der Waals surface area contributed by atoms with Crippen molar-refractivity contribution in [2.75, 3.05) is 0 Å². The molecule has 1 aliphatic rings. The lowest BCUT2D eigenvalue weighted by molar-refractivity contribution is -0.167. The number of carbonyl (C=O) groups excluding carboxylic acids is 2. The van der Waals surface area contributed by atoms with Gasteiger partial charge in [-0.25, -0.2) is 0 Å². The van der Waals surface area contributed by atoms with Gasteiger partial charge in [-0.2, -0.15) is 0 Å². The number of rotatable bonds is 2. The second kappa shape index (κ2) is 4.07. The van der Waals surface area contributed by atoms with Crippen LogP contribution >= 0.6 is 0 Å². The second-order valence-corrected chi connectivity index (χ2v) is 2.72. The standard InChI is InChI=1S/C9H12O4/c1-3-6(4-2)9-12-7(10)5-8(11)13-9/h3-5H2,1-2H3. The van der Waals surface area contributed by atoms with E-state index in [2.05, 4.69) is 0 Å². The molecule has 0 spiro atoms. The molecule has 13 heavy (non-hydrogen) atoms. The molecule has 1 fully saturated rings. The summed E-state index contributed by atoms with van der Waals surface area (Å²) in [5.41, 5.74) is 0.849. The quantitative estimate of drug-likeness (QED) is 0.482. The Balaban J connectivity index is 2.84. The molecule has 4 heteroatoms. The lowest BCUT2D eigenvalue weighted by Crippen LogP contribution is -2.22. The highest BCUT2D eigenvalue weighted by Gasteiger charge is 2.25. The molecular formula is C9H12O4. The average molecular weight is 184 g/mol. The summed E-state index contributed by atoms with van der Waals surface area (Å²) in [4.78, 5) is 21.7. The van der Waals surface area contributed by atoms with E-state index < -0.39 is 11.9 Å². The van der Waals surface area contributed by atoms with Gasteiger partial charge >= 0.3 is 11.9 Å². The smallest absolute Gasteiger partial charge is 0.324 e. The Morgan fingerprint density at radius 3 is 2.00 bits per heavy atom. The van der Waals surface area contributed by atoms with Crippen LogP contribution in [0.4, 0.5) is 0 Å². The van der Waals surface area contributed by atoms with E-state index in [1.807, 2.05) is 13.8 Å². The molecule has 0 unspecified atom stereocenters. The van der Waals surface area contributed by atoms with Gasteiger partial charge in [-0.1, -0.05) is 13.8 Å². The van der Waals surface area contributed by atoms with Crippen LogP contribution in [0.1, 0.15) is 33.1 Å². The molecule has 1 rings (SSSR count). The molecule has 0 aromatic carbocycles. The van der Waals surface area contributed by atoms with E-state index in [1.165, 1.54) is 0 Å². The molecule has 0 radical (unpaired) electrons. The predicted octanol–water partition coefficient (Wildman–Crippen LogP) is 1.51. The lowest BCUT2D eigenvalue weighted by Gasteiger charge is -2.16. The van der Waals surface area contributed by atoms with Crippen molar-refractivity contribution in [3.8, 4) is 0 Å². The van der Waals surface area contributed by atoms with Gasteiger partial charge in [-0.3, -0.25) is 9.59 Å². The zero-order chi connectivity index (χ0) is 9.84. The third-order valence-electron chi connectivity index (χ3n) is 1.84. The van der Waals surface area contributed by atoms with Crippen molar-refractivity contribution in [2.45, 2.75) is 33.1 Å². The van der Waals surface area contributed by atoms with Crippen molar-refractivity contribution in [2.24, 2.45) is 0 Å². The Labute approximate surface area is 76.5 Å². The highest BCUT2D eigenvalue weighted by Crippen LogP contribution is 2.19. The Kier molecular flexibility index (Phi) is 3.06. The molecule has 0 saturated carbocycles. The van der Waals surface area contributed by atoms with E-state index in [9.17, 15) is 9.59 Å². The maximum absolute atomic E-state index is 10.9. The van der Waals surface area contributed by atoms with Gasteiger partial charge in [0.25, 0.3) is 5.95 Å². The van der Waals surface area contributed by atoms with Crippen molar-refractivity contribution in [1.82, 2.24) is 0 Å². The van der Waals surface area contributed by atoms with Crippen LogP contribution in [0.3, 0.4) is 0 Å². The van der Waals surface area contributed by atoms with Crippen LogP contribution in [0, 0.1) is 0 Å². The summed E-state index contributed by atoms with van der Waals surface area (Å²) in [6.45, 7) is 3.84. The van der Waals surface area contributed by atoms with Gasteiger partial charge in [0.15, 0.2) is 0 Å². The Morgan fingerprint density at radius 2 is 1.62 bits per heavy atom. The van der Waals surface area contributed by atoms with Gasteiger partial charge in [0.05, 0.1) is 0 Å². The SMILES string of the molecule is CCC(CC)=C1OC(=O)CC(=O)O1. The first kappa shape index (κ1) is 9.77. The Morgan fingerprint density at radius 1 is 1.15 bits per heavy atom. The van der Waals surface area contributed by atoms with Crippen molar-refractivity contribution in [3.63, 3.8) is 0 Å². The Hall–Kier alpha value is -1.32. The van der Waals surface area contributed by atoms with Crippen LogP contribution in [0.15, 0.2) is 11.5 Å². The summed E-state index contributed by atoms with van der Waals surface area (Å²) < 4.78 is 9.60. The molecule has 0 bridgehead atoms. The summed E-state index contributed by atoms with van der Waals surface area (Å²) in [7, 11) is 0. The molecule has 1 saturated heterocycles. The molecule has 0 aromatic rings. The van der Waals surface area contributed by atoms with Crippen LogP contribution in [0.5, 0.6) is 0 Å². The monoisotopic (exact) mass is 184 g/mol. The zero-order valence-corrected chi connectivity index (χ0v) is 7.75. The van der Waals surface area contributed by atoms with Crippen molar-refractivity contribution >= 4 is 11.9 Å². The molecule has 0 N–H and O–H groups in total. The molecule has 1 aliphatic heterocycles. The highest BCUT2D eigenvalue weighted by molar-refractivity contribution is 5.93. The second-order valence-electron chi connectivity index (χ2n) is 2.72. The fourth-order valence-corrected chi connectivity index (χ4v) is 1.10. The summed E-state index contributed by atoms with van der Waals surface area (Å²) >= 11 is 0. The number of ether oxygens (including phenoxy) is 2. The topological polar surface area (TPSA) is 52.6 Å². The number of carbonyl (C=O) groups is 2. The molecule has 0 aromatic heterocycles. The molecule has 72 valence electrons. The largest absolute Gasteiger partial charge is 0.392 e. The average Bonchev–Trinajstić information content (AvgIpc) is 2.04. The van der Waals surface area contributed by atoms with Crippen LogP contribution in [0.2, 0.25) is 0 Å². The molecular weight excluding hydrogens is 172 g/mol. The number of hydrogen-bond donors (Lipinski definition) is 0. The van der Waals surface area contributed by atoms with E-state index >= 15 is 0 Å². The molecule has 0 aliphatic carbocycles. The minimum atomic E-state index is -0.536. The van der Waals surface area contributed by atoms with Crippen LogP contribution in [-0.2, 0) is 19.1 Å². The predicted molar refractivity (Wildman–Crippen MR) is 44.4 cm³/mol. The van der Waals surface area contributed by atoms with E-state index in [4.69, 9.17) is 9.47 Å². The van der Waals surface area contributed by atoms with Crippen LogP contribution in [-0.4, -0.2) is 11.9 Å².